The van der Waals surface area contributed by atoms with Crippen LogP contribution in [0.5, 0.6) is 0 Å². The van der Waals surface area contributed by atoms with Crippen LogP contribution < -0.4 is 5.32 Å². The number of aromatic nitrogens is 5. The molecule has 1 aromatic carbocycles. The van der Waals surface area contributed by atoms with Gasteiger partial charge in [-0.1, -0.05) is 30.3 Å². The number of hydrogen-bond acceptors (Lipinski definition) is 4. The number of pyridine rings is 1. The molecule has 4 rings (SSSR count). The molecular weight excluding hydrogens is 364 g/mol. The van der Waals surface area contributed by atoms with Crippen LogP contribution in [0, 0.1) is 13.8 Å². The number of amides is 1. The smallest absolute Gasteiger partial charge is 0.252 e. The Balaban J connectivity index is 1.70. The van der Waals surface area contributed by atoms with Crippen molar-refractivity contribution in [3.05, 3.63) is 76.9 Å². The molecule has 0 unspecified atom stereocenters. The molecule has 7 nitrogen and oxygen atoms in total. The topological polar surface area (TPSA) is 77.6 Å². The number of fused-ring (bicyclic) bond motifs is 1. The molecule has 7 heteroatoms. The fraction of sp³-hybridized carbons (Fsp3) is 0.273. The summed E-state index contributed by atoms with van der Waals surface area (Å²) in [7, 11) is 1.86. The van der Waals surface area contributed by atoms with Crippen LogP contribution in [0.3, 0.4) is 0 Å². The summed E-state index contributed by atoms with van der Waals surface area (Å²) >= 11 is 0. The van der Waals surface area contributed by atoms with Gasteiger partial charge in [-0.3, -0.25) is 9.48 Å². The van der Waals surface area contributed by atoms with Crippen molar-refractivity contribution in [1.82, 2.24) is 29.9 Å². The molecule has 0 spiro atoms. The van der Waals surface area contributed by atoms with Crippen molar-refractivity contribution in [3.8, 4) is 0 Å². The molecule has 0 fully saturated rings. The number of rotatable bonds is 5. The number of nitrogens with one attached hydrogen (secondary N) is 1. The highest BCUT2D eigenvalue weighted by molar-refractivity contribution is 6.06. The minimum Gasteiger partial charge on any atom is -0.344 e. The predicted molar refractivity (Wildman–Crippen MR) is 112 cm³/mol. The second-order valence-corrected chi connectivity index (χ2v) is 7.35. The van der Waals surface area contributed by atoms with E-state index in [1.165, 1.54) is 0 Å². The lowest BCUT2D eigenvalue weighted by atomic mass is 10.1. The molecule has 0 saturated heterocycles. The molecule has 0 bridgehead atoms. The Morgan fingerprint density at radius 3 is 2.59 bits per heavy atom. The zero-order chi connectivity index (χ0) is 20.5. The van der Waals surface area contributed by atoms with Crippen LogP contribution in [-0.4, -0.2) is 30.5 Å². The second kappa shape index (κ2) is 7.50. The second-order valence-electron chi connectivity index (χ2n) is 7.35. The van der Waals surface area contributed by atoms with E-state index in [4.69, 9.17) is 0 Å². The molecule has 0 saturated carbocycles. The van der Waals surface area contributed by atoms with Crippen LogP contribution in [0.4, 0.5) is 0 Å². The van der Waals surface area contributed by atoms with Crippen LogP contribution in [0.25, 0.3) is 11.0 Å². The summed E-state index contributed by atoms with van der Waals surface area (Å²) < 4.78 is 3.59. The molecule has 0 radical (unpaired) electrons. The quantitative estimate of drug-likeness (QED) is 0.569. The van der Waals surface area contributed by atoms with Gasteiger partial charge in [-0.05, 0) is 38.5 Å². The minimum absolute atomic E-state index is 0.152. The summed E-state index contributed by atoms with van der Waals surface area (Å²) in [6, 6.07) is 13.6. The molecule has 4 aromatic rings. The monoisotopic (exact) mass is 388 g/mol. The highest BCUT2D eigenvalue weighted by Crippen LogP contribution is 2.24. The molecule has 3 aromatic heterocycles. The van der Waals surface area contributed by atoms with Crippen LogP contribution in [-0.2, 0) is 13.6 Å². The summed E-state index contributed by atoms with van der Waals surface area (Å²) in [5, 5.41) is 12.9. The molecule has 1 atom stereocenters. The highest BCUT2D eigenvalue weighted by Gasteiger charge is 2.21. The lowest BCUT2D eigenvalue weighted by molar-refractivity contribution is 0.0940. The maximum Gasteiger partial charge on any atom is 0.252 e. The third-order valence-corrected chi connectivity index (χ3v) is 4.95. The van der Waals surface area contributed by atoms with Gasteiger partial charge in [-0.15, -0.1) is 0 Å². The van der Waals surface area contributed by atoms with Gasteiger partial charge in [0.1, 0.15) is 0 Å². The van der Waals surface area contributed by atoms with Gasteiger partial charge in [-0.2, -0.15) is 10.2 Å². The van der Waals surface area contributed by atoms with E-state index >= 15 is 0 Å². The lowest BCUT2D eigenvalue weighted by Crippen LogP contribution is -2.27. The maximum absolute atomic E-state index is 13.1. The number of nitrogens with zero attached hydrogens (tertiary/aromatic N) is 5. The first kappa shape index (κ1) is 18.9. The summed E-state index contributed by atoms with van der Waals surface area (Å²) in [6.45, 7) is 6.34. The maximum atomic E-state index is 13.1. The van der Waals surface area contributed by atoms with E-state index in [1.54, 1.807) is 4.68 Å². The first-order valence-electron chi connectivity index (χ1n) is 9.61. The molecule has 29 heavy (non-hydrogen) atoms. The Morgan fingerprint density at radius 2 is 1.90 bits per heavy atom. The Labute approximate surface area is 169 Å². The molecule has 1 N–H and O–H groups in total. The van der Waals surface area contributed by atoms with Crippen molar-refractivity contribution in [2.45, 2.75) is 33.4 Å². The molecule has 0 aliphatic carbocycles. The van der Waals surface area contributed by atoms with Gasteiger partial charge in [0.2, 0.25) is 0 Å². The van der Waals surface area contributed by atoms with Gasteiger partial charge < -0.3 is 5.32 Å². The van der Waals surface area contributed by atoms with Gasteiger partial charge in [0.15, 0.2) is 5.65 Å². The van der Waals surface area contributed by atoms with Crippen molar-refractivity contribution in [2.24, 2.45) is 7.05 Å². The van der Waals surface area contributed by atoms with Crippen molar-refractivity contribution in [3.63, 3.8) is 0 Å². The van der Waals surface area contributed by atoms with E-state index in [2.05, 4.69) is 32.6 Å². The number of aryl methyl sites for hydroxylation is 3. The number of hydrogen-bond donors (Lipinski definition) is 1. The van der Waals surface area contributed by atoms with Gasteiger partial charge >= 0.3 is 0 Å². The normalized spacial score (nSPS) is 12.3. The third kappa shape index (κ3) is 3.76. The number of carbonyl (C=O) groups excluding carboxylic acids is 1. The third-order valence-electron chi connectivity index (χ3n) is 4.95. The number of benzene rings is 1. The zero-order valence-corrected chi connectivity index (χ0v) is 17.0. The first-order valence-corrected chi connectivity index (χ1v) is 9.61. The molecule has 3 heterocycles. The van der Waals surface area contributed by atoms with E-state index in [0.29, 0.717) is 12.1 Å². The summed E-state index contributed by atoms with van der Waals surface area (Å²) in [5.41, 5.74) is 4.84. The molecule has 1 amide bonds. The highest BCUT2D eigenvalue weighted by atomic mass is 16.1. The van der Waals surface area contributed by atoms with Gasteiger partial charge in [0.25, 0.3) is 5.91 Å². The average molecular weight is 388 g/mol. The Kier molecular flexibility index (Phi) is 4.88. The lowest BCUT2D eigenvalue weighted by Gasteiger charge is -2.13. The summed E-state index contributed by atoms with van der Waals surface area (Å²) in [5.74, 6) is -0.152. The number of carbonyl (C=O) groups is 1. The van der Waals surface area contributed by atoms with E-state index in [0.717, 1.165) is 33.7 Å². The van der Waals surface area contributed by atoms with Crippen LogP contribution >= 0.6 is 0 Å². The molecule has 148 valence electrons. The van der Waals surface area contributed by atoms with Crippen molar-refractivity contribution in [2.75, 3.05) is 0 Å². The molecular formula is C22H24N6O. The SMILES string of the molecule is Cc1cc(C(=O)N[C@@H](C)c2ccn(C)n2)c2c(C)nn(Cc3ccccc3)c2n1. The van der Waals surface area contributed by atoms with Gasteiger partial charge in [0.05, 0.1) is 34.9 Å². The van der Waals surface area contributed by atoms with E-state index in [-0.39, 0.29) is 11.9 Å². The van der Waals surface area contributed by atoms with Crippen molar-refractivity contribution < 1.29 is 4.79 Å². The van der Waals surface area contributed by atoms with Crippen LogP contribution in [0.1, 0.15) is 46.0 Å². The van der Waals surface area contributed by atoms with Crippen molar-refractivity contribution in [1.29, 1.82) is 0 Å². The fourth-order valence-corrected chi connectivity index (χ4v) is 3.54. The van der Waals surface area contributed by atoms with E-state index in [9.17, 15) is 4.79 Å². The Morgan fingerprint density at radius 1 is 1.14 bits per heavy atom. The zero-order valence-electron chi connectivity index (χ0n) is 17.0. The van der Waals surface area contributed by atoms with E-state index in [1.807, 2.05) is 69.0 Å². The first-order chi connectivity index (χ1) is 13.9. The predicted octanol–water partition coefficient (Wildman–Crippen LogP) is 3.32. The van der Waals surface area contributed by atoms with E-state index < -0.39 is 0 Å². The largest absolute Gasteiger partial charge is 0.344 e. The van der Waals surface area contributed by atoms with Gasteiger partial charge in [-0.25, -0.2) is 9.67 Å². The molecule has 0 aliphatic heterocycles. The summed E-state index contributed by atoms with van der Waals surface area (Å²) in [4.78, 5) is 17.8. The van der Waals surface area contributed by atoms with Gasteiger partial charge in [0, 0.05) is 18.9 Å². The Bertz CT molecular complexity index is 1170. The standard InChI is InChI=1S/C22H24N6O/c1-14-12-18(22(29)24-15(2)19-10-11-27(4)26-19)20-16(3)25-28(21(20)23-14)13-17-8-6-5-7-9-17/h5-12,15H,13H2,1-4H3,(H,24,29)/t15-/m0/s1. The van der Waals surface area contributed by atoms with Crippen LogP contribution in [0.15, 0.2) is 48.7 Å². The fourth-order valence-electron chi connectivity index (χ4n) is 3.54. The van der Waals surface area contributed by atoms with Crippen LogP contribution in [0.2, 0.25) is 0 Å². The Hall–Kier alpha value is -3.48. The summed E-state index contributed by atoms with van der Waals surface area (Å²) in [6.07, 6.45) is 1.87. The van der Waals surface area contributed by atoms with Crippen molar-refractivity contribution >= 4 is 16.9 Å². The molecule has 0 aliphatic rings. The average Bonchev–Trinajstić information content (AvgIpc) is 3.26. The minimum atomic E-state index is -0.202.